The molecule has 1 amide bonds. The number of fused-ring (bicyclic) bond motifs is 1. The monoisotopic (exact) mass is 411 g/mol. The lowest BCUT2D eigenvalue weighted by atomic mass is 10.1. The van der Waals surface area contributed by atoms with E-state index in [0.29, 0.717) is 18.7 Å². The number of nitrogens with zero attached hydrogens (tertiary/aromatic N) is 2. The molecule has 7 heteroatoms. The fraction of sp³-hybridized carbons (Fsp3) is 0.409. The molecule has 1 aromatic carbocycles. The molecular formula is C22H25N3O3S. The zero-order chi connectivity index (χ0) is 20.2. The topological polar surface area (TPSA) is 73.2 Å². The first-order chi connectivity index (χ1) is 14.1. The van der Waals surface area contributed by atoms with Crippen molar-refractivity contribution >= 4 is 27.5 Å². The Bertz CT molecular complexity index is 1030. The molecule has 0 bridgehead atoms. The molecule has 6 nitrogen and oxygen atoms in total. The normalized spacial score (nSPS) is 16.4. The second-order valence-electron chi connectivity index (χ2n) is 7.40. The average Bonchev–Trinajstić information content (AvgIpc) is 3.36. The van der Waals surface area contributed by atoms with Crippen molar-refractivity contribution in [3.63, 3.8) is 0 Å². The number of aryl methyl sites for hydroxylation is 2. The molecule has 1 aliphatic rings. The fourth-order valence-corrected chi connectivity index (χ4v) is 4.66. The van der Waals surface area contributed by atoms with E-state index in [-0.39, 0.29) is 23.1 Å². The smallest absolute Gasteiger partial charge is 0.263 e. The van der Waals surface area contributed by atoms with E-state index in [4.69, 9.17) is 4.74 Å². The van der Waals surface area contributed by atoms with Crippen molar-refractivity contribution < 1.29 is 9.53 Å². The Morgan fingerprint density at radius 3 is 3.00 bits per heavy atom. The van der Waals surface area contributed by atoms with Gasteiger partial charge in [0.15, 0.2) is 0 Å². The second kappa shape index (κ2) is 8.88. The van der Waals surface area contributed by atoms with Gasteiger partial charge in [-0.05, 0) is 49.9 Å². The van der Waals surface area contributed by atoms with Gasteiger partial charge in [-0.1, -0.05) is 12.1 Å². The van der Waals surface area contributed by atoms with Crippen LogP contribution in [0.4, 0.5) is 0 Å². The predicted molar refractivity (Wildman–Crippen MR) is 115 cm³/mol. The molecule has 1 N–H and O–H groups in total. The maximum Gasteiger partial charge on any atom is 0.263 e. The lowest BCUT2D eigenvalue weighted by molar-refractivity contribution is 0.0929. The number of aromatic nitrogens is 2. The molecule has 29 heavy (non-hydrogen) atoms. The molecule has 1 fully saturated rings. The van der Waals surface area contributed by atoms with Crippen LogP contribution in [-0.4, -0.2) is 34.7 Å². The number of benzene rings is 1. The summed E-state index contributed by atoms with van der Waals surface area (Å²) in [6.07, 6.45) is 5.36. The molecule has 1 atom stereocenters. The second-order valence-corrected chi connectivity index (χ2v) is 8.52. The summed E-state index contributed by atoms with van der Waals surface area (Å²) in [5, 5.41) is 3.96. The Hall–Kier alpha value is -2.51. The molecule has 0 aliphatic carbocycles. The minimum absolute atomic E-state index is 0.0557. The van der Waals surface area contributed by atoms with Crippen molar-refractivity contribution in [2.24, 2.45) is 0 Å². The van der Waals surface area contributed by atoms with Crippen molar-refractivity contribution in [2.75, 3.05) is 13.2 Å². The molecule has 0 spiro atoms. The van der Waals surface area contributed by atoms with Gasteiger partial charge in [0.2, 0.25) is 0 Å². The van der Waals surface area contributed by atoms with Crippen molar-refractivity contribution in [2.45, 2.75) is 45.3 Å². The summed E-state index contributed by atoms with van der Waals surface area (Å²) in [6, 6.07) is 9.90. The molecule has 0 radical (unpaired) electrons. The van der Waals surface area contributed by atoms with E-state index in [2.05, 4.69) is 16.4 Å². The fourth-order valence-electron chi connectivity index (χ4n) is 3.65. The molecule has 3 heterocycles. The van der Waals surface area contributed by atoms with Gasteiger partial charge in [-0.2, -0.15) is 0 Å². The van der Waals surface area contributed by atoms with Gasteiger partial charge in [0.25, 0.3) is 11.5 Å². The third-order valence-corrected chi connectivity index (χ3v) is 6.31. The van der Waals surface area contributed by atoms with Gasteiger partial charge >= 0.3 is 0 Å². The number of rotatable bonds is 7. The van der Waals surface area contributed by atoms with Gasteiger partial charge < -0.3 is 14.6 Å². The van der Waals surface area contributed by atoms with Crippen LogP contribution in [-0.2, 0) is 17.7 Å². The minimum Gasteiger partial charge on any atom is -0.376 e. The maximum absolute atomic E-state index is 12.8. The standard InChI is InChI=1S/C22H25N3O3S/c1-15-10-12-25(14-16-6-5-13-28-16)22(27)20(15)21(26)23-11-4-9-19-24-17-7-2-3-8-18(17)29-19/h2-3,7-8,10,12,16H,4-6,9,11,13-14H2,1H3,(H,23,26). The van der Waals surface area contributed by atoms with E-state index in [1.54, 1.807) is 29.0 Å². The summed E-state index contributed by atoms with van der Waals surface area (Å²) in [5.41, 5.74) is 1.69. The Morgan fingerprint density at radius 1 is 1.34 bits per heavy atom. The summed E-state index contributed by atoms with van der Waals surface area (Å²) >= 11 is 1.69. The van der Waals surface area contributed by atoms with E-state index >= 15 is 0 Å². The lowest BCUT2D eigenvalue weighted by Crippen LogP contribution is -2.36. The van der Waals surface area contributed by atoms with Gasteiger partial charge in [0, 0.05) is 25.8 Å². The van der Waals surface area contributed by atoms with Crippen LogP contribution in [0.25, 0.3) is 10.2 Å². The number of amides is 1. The summed E-state index contributed by atoms with van der Waals surface area (Å²) in [6.45, 7) is 3.55. The molecule has 1 aliphatic heterocycles. The summed E-state index contributed by atoms with van der Waals surface area (Å²) in [5.74, 6) is -0.307. The number of nitrogens with one attached hydrogen (secondary N) is 1. The molecule has 1 saturated heterocycles. The molecule has 1 unspecified atom stereocenters. The highest BCUT2D eigenvalue weighted by atomic mass is 32.1. The number of carbonyl (C=O) groups is 1. The van der Waals surface area contributed by atoms with Crippen LogP contribution in [0.15, 0.2) is 41.3 Å². The van der Waals surface area contributed by atoms with E-state index in [1.165, 1.54) is 4.70 Å². The molecule has 4 rings (SSSR count). The maximum atomic E-state index is 12.8. The van der Waals surface area contributed by atoms with Crippen LogP contribution in [0.3, 0.4) is 0 Å². The largest absolute Gasteiger partial charge is 0.376 e. The van der Waals surface area contributed by atoms with Crippen molar-refractivity contribution in [1.82, 2.24) is 14.9 Å². The van der Waals surface area contributed by atoms with Crippen LogP contribution in [0.5, 0.6) is 0 Å². The average molecular weight is 412 g/mol. The Labute approximate surface area is 173 Å². The van der Waals surface area contributed by atoms with Crippen molar-refractivity contribution in [3.8, 4) is 0 Å². The third-order valence-electron chi connectivity index (χ3n) is 5.22. The van der Waals surface area contributed by atoms with E-state index in [0.717, 1.165) is 42.8 Å². The number of carbonyl (C=O) groups excluding carboxylic acids is 1. The molecular weight excluding hydrogens is 386 g/mol. The van der Waals surface area contributed by atoms with Crippen molar-refractivity contribution in [3.05, 3.63) is 63.0 Å². The summed E-state index contributed by atoms with van der Waals surface area (Å²) in [7, 11) is 0. The Balaban J connectivity index is 1.35. The lowest BCUT2D eigenvalue weighted by Gasteiger charge is -2.14. The quantitative estimate of drug-likeness (QED) is 0.606. The number of para-hydroxylation sites is 1. The zero-order valence-corrected chi connectivity index (χ0v) is 17.3. The van der Waals surface area contributed by atoms with Crippen LogP contribution < -0.4 is 10.9 Å². The van der Waals surface area contributed by atoms with Gasteiger partial charge in [0.05, 0.1) is 27.9 Å². The highest BCUT2D eigenvalue weighted by Crippen LogP contribution is 2.22. The molecule has 2 aromatic heterocycles. The van der Waals surface area contributed by atoms with Crippen LogP contribution in [0, 0.1) is 6.92 Å². The molecule has 0 saturated carbocycles. The molecule has 152 valence electrons. The molecule has 3 aromatic rings. The Kier molecular flexibility index (Phi) is 6.06. The SMILES string of the molecule is Cc1ccn(CC2CCCO2)c(=O)c1C(=O)NCCCc1nc2ccccc2s1. The van der Waals surface area contributed by atoms with E-state index < -0.39 is 0 Å². The summed E-state index contributed by atoms with van der Waals surface area (Å²) in [4.78, 5) is 30.1. The van der Waals surface area contributed by atoms with Crippen LogP contribution in [0.1, 0.15) is 40.2 Å². The number of hydrogen-bond donors (Lipinski definition) is 1. The van der Waals surface area contributed by atoms with Gasteiger partial charge in [0.1, 0.15) is 5.56 Å². The summed E-state index contributed by atoms with van der Waals surface area (Å²) < 4.78 is 8.40. The Morgan fingerprint density at radius 2 is 2.21 bits per heavy atom. The number of hydrogen-bond acceptors (Lipinski definition) is 5. The first-order valence-electron chi connectivity index (χ1n) is 10.1. The van der Waals surface area contributed by atoms with Crippen LogP contribution in [0.2, 0.25) is 0 Å². The predicted octanol–water partition coefficient (Wildman–Crippen LogP) is 3.31. The van der Waals surface area contributed by atoms with Gasteiger partial charge in [-0.25, -0.2) is 4.98 Å². The third kappa shape index (κ3) is 4.57. The van der Waals surface area contributed by atoms with E-state index in [1.807, 2.05) is 24.3 Å². The van der Waals surface area contributed by atoms with Crippen molar-refractivity contribution in [1.29, 1.82) is 0 Å². The first-order valence-corrected chi connectivity index (χ1v) is 10.9. The van der Waals surface area contributed by atoms with Gasteiger partial charge in [-0.3, -0.25) is 9.59 Å². The number of ether oxygens (including phenoxy) is 1. The zero-order valence-electron chi connectivity index (χ0n) is 16.5. The first kappa shape index (κ1) is 19.8. The minimum atomic E-state index is -0.307. The van der Waals surface area contributed by atoms with Gasteiger partial charge in [-0.15, -0.1) is 11.3 Å². The van der Waals surface area contributed by atoms with E-state index in [9.17, 15) is 9.59 Å². The number of pyridine rings is 1. The highest BCUT2D eigenvalue weighted by molar-refractivity contribution is 7.18. The highest BCUT2D eigenvalue weighted by Gasteiger charge is 2.20. The number of thiazole rings is 1. The van der Waals surface area contributed by atoms with Crippen LogP contribution >= 0.6 is 11.3 Å².